The second-order valence-corrected chi connectivity index (χ2v) is 5.69. The number of ether oxygens (including phenoxy) is 1. The average Bonchev–Trinajstić information content (AvgIpc) is 2.61. The molecule has 2 rings (SSSR count). The zero-order chi connectivity index (χ0) is 12.1. The minimum Gasteiger partial charge on any atom is -0.464 e. The fourth-order valence-corrected chi connectivity index (χ4v) is 2.97. The van der Waals surface area contributed by atoms with Gasteiger partial charge in [0.1, 0.15) is 6.04 Å². The van der Waals surface area contributed by atoms with Crippen molar-refractivity contribution in [1.29, 1.82) is 0 Å². The van der Waals surface area contributed by atoms with Gasteiger partial charge in [-0.3, -0.25) is 4.79 Å². The zero-order valence-electron chi connectivity index (χ0n) is 10.9. The molecule has 2 aliphatic rings. The molecule has 0 amide bonds. The van der Waals surface area contributed by atoms with Gasteiger partial charge in [0.25, 0.3) is 0 Å². The highest BCUT2D eigenvalue weighted by Crippen LogP contribution is 2.23. The molecule has 2 unspecified atom stereocenters. The molecule has 0 spiro atoms. The Kier molecular flexibility index (Phi) is 4.84. The van der Waals surface area contributed by atoms with Crippen LogP contribution in [0.25, 0.3) is 0 Å². The third-order valence-corrected chi connectivity index (χ3v) is 4.22. The van der Waals surface area contributed by atoms with Crippen molar-refractivity contribution in [2.75, 3.05) is 13.2 Å². The number of carbonyl (C=O) groups excluding carboxylic acids is 1. The normalized spacial score (nSPS) is 31.1. The highest BCUT2D eigenvalue weighted by Gasteiger charge is 2.30. The summed E-state index contributed by atoms with van der Waals surface area (Å²) in [6.45, 7) is 3.71. The summed E-state index contributed by atoms with van der Waals surface area (Å²) in [4.78, 5) is 11.9. The van der Waals surface area contributed by atoms with Crippen LogP contribution >= 0.6 is 0 Å². The number of hydrogen-bond acceptors (Lipinski definition) is 3. The highest BCUT2D eigenvalue weighted by atomic mass is 16.5. The van der Waals surface area contributed by atoms with Gasteiger partial charge >= 0.3 is 5.97 Å². The molecule has 2 atom stereocenters. The molecule has 1 saturated heterocycles. The number of hydrogen-bond donors (Lipinski definition) is 1. The molecule has 3 nitrogen and oxygen atoms in total. The summed E-state index contributed by atoms with van der Waals surface area (Å²) in [5.41, 5.74) is 0. The van der Waals surface area contributed by atoms with Crippen LogP contribution in [0.3, 0.4) is 0 Å². The molecular weight excluding hydrogens is 214 g/mol. The number of nitrogens with one attached hydrogen (secondary N) is 1. The van der Waals surface area contributed by atoms with E-state index in [1.165, 1.54) is 38.5 Å². The van der Waals surface area contributed by atoms with Gasteiger partial charge in [-0.25, -0.2) is 0 Å². The fourth-order valence-electron chi connectivity index (χ4n) is 2.97. The van der Waals surface area contributed by atoms with Crippen LogP contribution < -0.4 is 5.32 Å². The highest BCUT2D eigenvalue weighted by molar-refractivity contribution is 5.76. The molecule has 3 heteroatoms. The Labute approximate surface area is 104 Å². The van der Waals surface area contributed by atoms with Crippen molar-refractivity contribution in [3.05, 3.63) is 0 Å². The lowest BCUT2D eigenvalue weighted by molar-refractivity contribution is -0.148. The van der Waals surface area contributed by atoms with E-state index in [9.17, 15) is 4.79 Å². The Morgan fingerprint density at radius 3 is 2.47 bits per heavy atom. The maximum Gasteiger partial charge on any atom is 0.323 e. The molecule has 17 heavy (non-hydrogen) atoms. The van der Waals surface area contributed by atoms with E-state index in [0.29, 0.717) is 18.4 Å². The van der Waals surface area contributed by atoms with Crippen LogP contribution in [0.2, 0.25) is 0 Å². The summed E-state index contributed by atoms with van der Waals surface area (Å²) in [5, 5.41) is 3.23. The third kappa shape index (κ3) is 3.70. The summed E-state index contributed by atoms with van der Waals surface area (Å²) in [5.74, 6) is 1.01. The maximum absolute atomic E-state index is 11.9. The molecule has 0 bridgehead atoms. The van der Waals surface area contributed by atoms with Crippen LogP contribution in [0, 0.1) is 11.8 Å². The van der Waals surface area contributed by atoms with Gasteiger partial charge in [0, 0.05) is 0 Å². The monoisotopic (exact) mass is 239 g/mol. The van der Waals surface area contributed by atoms with E-state index in [4.69, 9.17) is 4.74 Å². The van der Waals surface area contributed by atoms with Gasteiger partial charge in [-0.05, 0) is 37.6 Å². The van der Waals surface area contributed by atoms with Crippen LogP contribution in [-0.4, -0.2) is 25.2 Å². The summed E-state index contributed by atoms with van der Waals surface area (Å²) < 4.78 is 5.49. The van der Waals surface area contributed by atoms with E-state index >= 15 is 0 Å². The first kappa shape index (κ1) is 12.9. The van der Waals surface area contributed by atoms with Crippen LogP contribution in [0.5, 0.6) is 0 Å². The van der Waals surface area contributed by atoms with Gasteiger partial charge in [0.05, 0.1) is 6.61 Å². The van der Waals surface area contributed by atoms with Gasteiger partial charge in [0.15, 0.2) is 0 Å². The third-order valence-electron chi connectivity index (χ3n) is 4.22. The number of esters is 1. The van der Waals surface area contributed by atoms with Gasteiger partial charge < -0.3 is 10.1 Å². The zero-order valence-corrected chi connectivity index (χ0v) is 10.9. The molecule has 1 aliphatic carbocycles. The van der Waals surface area contributed by atoms with Crippen molar-refractivity contribution in [3.8, 4) is 0 Å². The molecule has 1 heterocycles. The molecule has 0 aromatic carbocycles. The van der Waals surface area contributed by atoms with Crippen LogP contribution in [0.4, 0.5) is 0 Å². The van der Waals surface area contributed by atoms with E-state index < -0.39 is 0 Å². The van der Waals surface area contributed by atoms with E-state index in [1.807, 2.05) is 0 Å². The number of carbonyl (C=O) groups is 1. The Hall–Kier alpha value is -0.570. The van der Waals surface area contributed by atoms with E-state index in [2.05, 4.69) is 12.2 Å². The molecule has 0 aromatic heterocycles. The SMILES string of the molecule is CC1CCNC1C(=O)OCC1CCCCCC1. The molecule has 1 aliphatic heterocycles. The second kappa shape index (κ2) is 6.39. The predicted molar refractivity (Wildman–Crippen MR) is 67.7 cm³/mol. The fraction of sp³-hybridized carbons (Fsp3) is 0.929. The van der Waals surface area contributed by atoms with Gasteiger partial charge in [-0.1, -0.05) is 32.6 Å². The Bertz CT molecular complexity index is 247. The molecule has 0 radical (unpaired) electrons. The lowest BCUT2D eigenvalue weighted by Gasteiger charge is -2.18. The van der Waals surface area contributed by atoms with Crippen LogP contribution in [-0.2, 0) is 9.53 Å². The standard InChI is InChI=1S/C14H25NO2/c1-11-8-9-15-13(11)14(16)17-10-12-6-4-2-3-5-7-12/h11-13,15H,2-10H2,1H3. The summed E-state index contributed by atoms with van der Waals surface area (Å²) in [6, 6.07) is -0.0548. The smallest absolute Gasteiger partial charge is 0.323 e. The van der Waals surface area contributed by atoms with Crippen LogP contribution in [0.1, 0.15) is 51.9 Å². The maximum atomic E-state index is 11.9. The molecular formula is C14H25NO2. The lowest BCUT2D eigenvalue weighted by Crippen LogP contribution is -2.37. The Morgan fingerprint density at radius 2 is 1.88 bits per heavy atom. The lowest BCUT2D eigenvalue weighted by atomic mass is 10.0. The quantitative estimate of drug-likeness (QED) is 0.607. The predicted octanol–water partition coefficient (Wildman–Crippen LogP) is 2.50. The van der Waals surface area contributed by atoms with E-state index in [0.717, 1.165) is 13.0 Å². The minimum absolute atomic E-state index is 0.0285. The number of rotatable bonds is 3. The van der Waals surface area contributed by atoms with Crippen molar-refractivity contribution in [2.24, 2.45) is 11.8 Å². The van der Waals surface area contributed by atoms with Gasteiger partial charge in [-0.2, -0.15) is 0 Å². The molecule has 0 aromatic rings. The second-order valence-electron chi connectivity index (χ2n) is 5.69. The first-order valence-corrected chi connectivity index (χ1v) is 7.17. The van der Waals surface area contributed by atoms with Crippen LogP contribution in [0.15, 0.2) is 0 Å². The topological polar surface area (TPSA) is 38.3 Å². The van der Waals surface area contributed by atoms with Gasteiger partial charge in [0.2, 0.25) is 0 Å². The van der Waals surface area contributed by atoms with E-state index in [-0.39, 0.29) is 12.0 Å². The first-order valence-electron chi connectivity index (χ1n) is 7.17. The van der Waals surface area contributed by atoms with Crippen molar-refractivity contribution in [3.63, 3.8) is 0 Å². The summed E-state index contributed by atoms with van der Waals surface area (Å²) in [7, 11) is 0. The first-order chi connectivity index (χ1) is 8.27. The molecule has 1 N–H and O–H groups in total. The molecule has 1 saturated carbocycles. The van der Waals surface area contributed by atoms with Crippen molar-refractivity contribution < 1.29 is 9.53 Å². The molecule has 98 valence electrons. The largest absolute Gasteiger partial charge is 0.464 e. The minimum atomic E-state index is -0.0548. The summed E-state index contributed by atoms with van der Waals surface area (Å²) >= 11 is 0. The average molecular weight is 239 g/mol. The summed E-state index contributed by atoms with van der Waals surface area (Å²) in [6.07, 6.45) is 8.88. The molecule has 2 fully saturated rings. The Balaban J connectivity index is 1.71. The van der Waals surface area contributed by atoms with Gasteiger partial charge in [-0.15, -0.1) is 0 Å². The van der Waals surface area contributed by atoms with Crippen molar-refractivity contribution in [1.82, 2.24) is 5.32 Å². The van der Waals surface area contributed by atoms with Crippen molar-refractivity contribution in [2.45, 2.75) is 57.9 Å². The Morgan fingerprint density at radius 1 is 1.18 bits per heavy atom. The van der Waals surface area contributed by atoms with Crippen molar-refractivity contribution >= 4 is 5.97 Å². The van der Waals surface area contributed by atoms with E-state index in [1.54, 1.807) is 0 Å².